The second-order valence-electron chi connectivity index (χ2n) is 3.04. The number of rotatable bonds is 2. The van der Waals surface area contributed by atoms with Gasteiger partial charge in [-0.3, -0.25) is 0 Å². The highest BCUT2D eigenvalue weighted by Gasteiger charge is 2.03. The molecule has 0 aliphatic carbocycles. The minimum absolute atomic E-state index is 0.616. The Morgan fingerprint density at radius 2 is 2.29 bits per heavy atom. The van der Waals surface area contributed by atoms with Crippen LogP contribution in [0.1, 0.15) is 17.3 Å². The van der Waals surface area contributed by atoms with Crippen molar-refractivity contribution in [1.82, 2.24) is 10.1 Å². The number of nitrogens with zero attached hydrogens (tertiary/aromatic N) is 2. The summed E-state index contributed by atoms with van der Waals surface area (Å²) in [5.74, 6) is 1.27. The lowest BCUT2D eigenvalue weighted by Gasteiger charge is -1.96. The lowest BCUT2D eigenvalue weighted by Crippen LogP contribution is -1.87. The van der Waals surface area contributed by atoms with E-state index in [1.807, 2.05) is 24.3 Å². The predicted octanol–water partition coefficient (Wildman–Crippen LogP) is 2.62. The molecule has 0 fully saturated rings. The highest BCUT2D eigenvalue weighted by molar-refractivity contribution is 6.30. The first-order valence-electron chi connectivity index (χ1n) is 4.27. The molecule has 72 valence electrons. The zero-order valence-corrected chi connectivity index (χ0v) is 8.45. The molecule has 0 aliphatic heterocycles. The molecule has 14 heavy (non-hydrogen) atoms. The Balaban J connectivity index is 2.18. The lowest BCUT2D eigenvalue weighted by molar-refractivity contribution is 0.381. The summed E-state index contributed by atoms with van der Waals surface area (Å²) in [6.07, 6.45) is 0.626. The Kier molecular flexibility index (Phi) is 2.50. The molecule has 0 atom stereocenters. The molecule has 0 saturated carbocycles. The van der Waals surface area contributed by atoms with Crippen molar-refractivity contribution in [3.63, 3.8) is 0 Å². The third kappa shape index (κ3) is 2.12. The van der Waals surface area contributed by atoms with Gasteiger partial charge in [0.15, 0.2) is 5.82 Å². The number of hydrogen-bond donors (Lipinski definition) is 0. The highest BCUT2D eigenvalue weighted by atomic mass is 35.5. The van der Waals surface area contributed by atoms with Crippen LogP contribution in [0.5, 0.6) is 0 Å². The van der Waals surface area contributed by atoms with Crippen LogP contribution in [0.4, 0.5) is 0 Å². The average Bonchev–Trinajstić information content (AvgIpc) is 2.51. The molecule has 0 saturated heterocycles. The van der Waals surface area contributed by atoms with Gasteiger partial charge in [-0.2, -0.15) is 4.98 Å². The van der Waals surface area contributed by atoms with E-state index in [9.17, 15) is 0 Å². The number of hydrogen-bond acceptors (Lipinski definition) is 3. The molecule has 2 aromatic rings. The van der Waals surface area contributed by atoms with E-state index in [2.05, 4.69) is 10.1 Å². The Hall–Kier alpha value is -1.35. The van der Waals surface area contributed by atoms with Gasteiger partial charge in [-0.15, -0.1) is 0 Å². The van der Waals surface area contributed by atoms with Gasteiger partial charge in [-0.1, -0.05) is 28.9 Å². The fourth-order valence-corrected chi connectivity index (χ4v) is 1.45. The molecule has 0 amide bonds. The third-order valence-corrected chi connectivity index (χ3v) is 2.05. The van der Waals surface area contributed by atoms with Crippen LogP contribution >= 0.6 is 11.6 Å². The van der Waals surface area contributed by atoms with Gasteiger partial charge in [-0.05, 0) is 24.6 Å². The molecule has 0 N–H and O–H groups in total. The molecule has 4 heteroatoms. The van der Waals surface area contributed by atoms with Crippen LogP contribution in [-0.2, 0) is 6.42 Å². The standard InChI is InChI=1S/C10H9ClN2O/c1-7-12-10(14-13-7)6-8-3-2-4-9(11)5-8/h2-5H,6H2,1H3. The molecular weight excluding hydrogens is 200 g/mol. The van der Waals surface area contributed by atoms with Gasteiger partial charge in [0.05, 0.1) is 6.42 Å². The van der Waals surface area contributed by atoms with E-state index >= 15 is 0 Å². The molecule has 0 radical (unpaired) electrons. The Morgan fingerprint density at radius 3 is 2.93 bits per heavy atom. The summed E-state index contributed by atoms with van der Waals surface area (Å²) >= 11 is 5.85. The van der Waals surface area contributed by atoms with Crippen LogP contribution in [0, 0.1) is 6.92 Å². The van der Waals surface area contributed by atoms with Crippen LogP contribution in [0.25, 0.3) is 0 Å². The first-order chi connectivity index (χ1) is 6.74. The van der Waals surface area contributed by atoms with E-state index in [1.165, 1.54) is 0 Å². The van der Waals surface area contributed by atoms with Gasteiger partial charge in [0.25, 0.3) is 0 Å². The Morgan fingerprint density at radius 1 is 1.43 bits per heavy atom. The largest absolute Gasteiger partial charge is 0.339 e. The summed E-state index contributed by atoms with van der Waals surface area (Å²) in [6.45, 7) is 1.80. The second-order valence-corrected chi connectivity index (χ2v) is 3.48. The maximum absolute atomic E-state index is 5.85. The van der Waals surface area contributed by atoms with E-state index < -0.39 is 0 Å². The summed E-state index contributed by atoms with van der Waals surface area (Å²) in [5, 5.41) is 4.44. The van der Waals surface area contributed by atoms with Gasteiger partial charge in [-0.25, -0.2) is 0 Å². The molecule has 0 unspecified atom stereocenters. The number of benzene rings is 1. The van der Waals surface area contributed by atoms with E-state index in [4.69, 9.17) is 16.1 Å². The van der Waals surface area contributed by atoms with Crippen molar-refractivity contribution in [3.05, 3.63) is 46.6 Å². The summed E-state index contributed by atoms with van der Waals surface area (Å²) < 4.78 is 5.00. The van der Waals surface area contributed by atoms with Crippen molar-refractivity contribution < 1.29 is 4.52 Å². The smallest absolute Gasteiger partial charge is 0.231 e. The Bertz CT molecular complexity index is 439. The lowest BCUT2D eigenvalue weighted by atomic mass is 10.1. The van der Waals surface area contributed by atoms with E-state index in [-0.39, 0.29) is 0 Å². The first kappa shape index (κ1) is 9.21. The van der Waals surface area contributed by atoms with E-state index in [1.54, 1.807) is 6.92 Å². The van der Waals surface area contributed by atoms with Crippen LogP contribution in [0.15, 0.2) is 28.8 Å². The minimum Gasteiger partial charge on any atom is -0.339 e. The third-order valence-electron chi connectivity index (χ3n) is 1.81. The monoisotopic (exact) mass is 208 g/mol. The molecule has 0 bridgehead atoms. The van der Waals surface area contributed by atoms with Crippen molar-refractivity contribution in [1.29, 1.82) is 0 Å². The van der Waals surface area contributed by atoms with Gasteiger partial charge >= 0.3 is 0 Å². The number of halogens is 1. The van der Waals surface area contributed by atoms with Crippen molar-refractivity contribution in [2.24, 2.45) is 0 Å². The second kappa shape index (κ2) is 3.80. The predicted molar refractivity (Wildman–Crippen MR) is 53.3 cm³/mol. The van der Waals surface area contributed by atoms with Gasteiger partial charge in [0.2, 0.25) is 5.89 Å². The molecule has 1 heterocycles. The zero-order valence-electron chi connectivity index (χ0n) is 7.70. The van der Waals surface area contributed by atoms with Gasteiger partial charge in [0.1, 0.15) is 0 Å². The maximum atomic E-state index is 5.85. The van der Waals surface area contributed by atoms with Crippen LogP contribution in [0.2, 0.25) is 5.02 Å². The van der Waals surface area contributed by atoms with Crippen LogP contribution in [-0.4, -0.2) is 10.1 Å². The van der Waals surface area contributed by atoms with Crippen molar-refractivity contribution >= 4 is 11.6 Å². The summed E-state index contributed by atoms with van der Waals surface area (Å²) in [5.41, 5.74) is 1.07. The summed E-state index contributed by atoms with van der Waals surface area (Å²) in [6, 6.07) is 7.61. The van der Waals surface area contributed by atoms with Crippen molar-refractivity contribution in [2.75, 3.05) is 0 Å². The van der Waals surface area contributed by atoms with E-state index in [0.29, 0.717) is 18.1 Å². The Labute approximate surface area is 86.7 Å². The topological polar surface area (TPSA) is 38.9 Å². The maximum Gasteiger partial charge on any atom is 0.231 e. The van der Waals surface area contributed by atoms with Gasteiger partial charge in [0, 0.05) is 5.02 Å². The zero-order chi connectivity index (χ0) is 9.97. The van der Waals surface area contributed by atoms with E-state index in [0.717, 1.165) is 10.6 Å². The summed E-state index contributed by atoms with van der Waals surface area (Å²) in [7, 11) is 0. The van der Waals surface area contributed by atoms with Crippen LogP contribution < -0.4 is 0 Å². The molecule has 0 spiro atoms. The number of aryl methyl sites for hydroxylation is 1. The highest BCUT2D eigenvalue weighted by Crippen LogP contribution is 2.13. The molecular formula is C10H9ClN2O. The molecule has 1 aromatic heterocycles. The van der Waals surface area contributed by atoms with Gasteiger partial charge < -0.3 is 4.52 Å². The first-order valence-corrected chi connectivity index (χ1v) is 4.65. The van der Waals surface area contributed by atoms with Crippen molar-refractivity contribution in [2.45, 2.75) is 13.3 Å². The van der Waals surface area contributed by atoms with Crippen LogP contribution in [0.3, 0.4) is 0 Å². The number of aromatic nitrogens is 2. The molecule has 1 aromatic carbocycles. The summed E-state index contributed by atoms with van der Waals surface area (Å²) in [4.78, 5) is 4.11. The average molecular weight is 209 g/mol. The molecule has 0 aliphatic rings. The normalized spacial score (nSPS) is 10.4. The molecule has 2 rings (SSSR count). The fraction of sp³-hybridized carbons (Fsp3) is 0.200. The molecule has 3 nitrogen and oxygen atoms in total. The quantitative estimate of drug-likeness (QED) is 0.762. The van der Waals surface area contributed by atoms with Crippen molar-refractivity contribution in [3.8, 4) is 0 Å². The minimum atomic E-state index is 0.616. The fourth-order valence-electron chi connectivity index (χ4n) is 1.23. The SMILES string of the molecule is Cc1noc(Cc2cccc(Cl)c2)n1.